The van der Waals surface area contributed by atoms with E-state index in [1.54, 1.807) is 24.3 Å². The van der Waals surface area contributed by atoms with Gasteiger partial charge in [-0.05, 0) is 30.3 Å². The average molecular weight is 211 g/mol. The van der Waals surface area contributed by atoms with Gasteiger partial charge in [0.25, 0.3) is 0 Å². The Morgan fingerprint density at radius 2 is 1.56 bits per heavy atom. The Labute approximate surface area is 94.1 Å². The average Bonchev–Trinajstić information content (AvgIpc) is 2.31. The van der Waals surface area contributed by atoms with Crippen LogP contribution in [-0.4, -0.2) is 6.03 Å². The minimum atomic E-state index is -0.502. The summed E-state index contributed by atoms with van der Waals surface area (Å²) in [6, 6.07) is 18.7. The maximum absolute atomic E-state index is 11.4. The zero-order valence-electron chi connectivity index (χ0n) is 8.63. The van der Waals surface area contributed by atoms with Crippen LogP contribution in [0.2, 0.25) is 0 Å². The first-order valence-corrected chi connectivity index (χ1v) is 4.90. The fourth-order valence-corrected chi connectivity index (χ4v) is 1.51. The zero-order valence-corrected chi connectivity index (χ0v) is 8.63. The smallest absolute Gasteiger partial charge is 0.323 e. The molecule has 2 amide bonds. The number of benzene rings is 2. The van der Waals surface area contributed by atoms with Crippen LogP contribution in [0, 0.1) is 6.07 Å². The van der Waals surface area contributed by atoms with Crippen molar-refractivity contribution in [1.29, 1.82) is 0 Å². The molecule has 2 aromatic carbocycles. The summed E-state index contributed by atoms with van der Waals surface area (Å²) in [7, 11) is 0. The summed E-state index contributed by atoms with van der Waals surface area (Å²) < 4.78 is 0. The first kappa shape index (κ1) is 10.2. The number of hydrogen-bond acceptors (Lipinski definition) is 1. The molecule has 2 N–H and O–H groups in total. The summed E-state index contributed by atoms with van der Waals surface area (Å²) in [6.45, 7) is 0. The van der Waals surface area contributed by atoms with E-state index >= 15 is 0 Å². The summed E-state index contributed by atoms with van der Waals surface area (Å²) in [5, 5.41) is 0. The minimum absolute atomic E-state index is 0.502. The lowest BCUT2D eigenvalue weighted by molar-refractivity contribution is 0.256. The number of carbonyl (C=O) groups excluding carboxylic acids is 1. The molecule has 1 radical (unpaired) electrons. The fraction of sp³-hybridized carbons (Fsp3) is 0. The Morgan fingerprint density at radius 3 is 2.12 bits per heavy atom. The van der Waals surface area contributed by atoms with Gasteiger partial charge in [-0.15, -0.1) is 0 Å². The highest BCUT2D eigenvalue weighted by Crippen LogP contribution is 2.23. The predicted octanol–water partition coefficient (Wildman–Crippen LogP) is 2.70. The molecule has 79 valence electrons. The van der Waals surface area contributed by atoms with Crippen molar-refractivity contribution >= 4 is 17.4 Å². The van der Waals surface area contributed by atoms with Gasteiger partial charge < -0.3 is 5.73 Å². The lowest BCUT2D eigenvalue weighted by Gasteiger charge is -2.20. The third kappa shape index (κ3) is 2.03. The molecule has 0 aliphatic heterocycles. The molecule has 0 aliphatic rings. The first-order valence-electron chi connectivity index (χ1n) is 4.90. The largest absolute Gasteiger partial charge is 0.351 e. The van der Waals surface area contributed by atoms with Crippen molar-refractivity contribution in [3.05, 3.63) is 60.7 Å². The Hall–Kier alpha value is -2.29. The molecule has 3 nitrogen and oxygen atoms in total. The van der Waals surface area contributed by atoms with Crippen molar-refractivity contribution in [1.82, 2.24) is 0 Å². The summed E-state index contributed by atoms with van der Waals surface area (Å²) in [5.74, 6) is 0. The van der Waals surface area contributed by atoms with Crippen molar-refractivity contribution in [3.8, 4) is 0 Å². The maximum atomic E-state index is 11.4. The number of anilines is 2. The second kappa shape index (κ2) is 4.49. The van der Waals surface area contributed by atoms with Gasteiger partial charge in [0.05, 0.1) is 11.4 Å². The van der Waals surface area contributed by atoms with E-state index < -0.39 is 6.03 Å². The van der Waals surface area contributed by atoms with E-state index in [9.17, 15) is 4.79 Å². The van der Waals surface area contributed by atoms with Crippen LogP contribution in [0.3, 0.4) is 0 Å². The van der Waals surface area contributed by atoms with Crippen LogP contribution in [0.4, 0.5) is 16.2 Å². The van der Waals surface area contributed by atoms with Gasteiger partial charge >= 0.3 is 6.03 Å². The topological polar surface area (TPSA) is 46.3 Å². The van der Waals surface area contributed by atoms with Gasteiger partial charge in [0, 0.05) is 0 Å². The molecule has 3 heteroatoms. The Balaban J connectivity index is 2.44. The molecule has 0 spiro atoms. The molecule has 0 bridgehead atoms. The lowest BCUT2D eigenvalue weighted by Crippen LogP contribution is -2.31. The van der Waals surface area contributed by atoms with Gasteiger partial charge in [-0.3, -0.25) is 4.90 Å². The second-order valence-electron chi connectivity index (χ2n) is 3.27. The summed E-state index contributed by atoms with van der Waals surface area (Å²) in [5.41, 5.74) is 6.86. The molecule has 0 aliphatic carbocycles. The van der Waals surface area contributed by atoms with E-state index in [2.05, 4.69) is 6.07 Å². The number of carbonyl (C=O) groups is 1. The summed E-state index contributed by atoms with van der Waals surface area (Å²) >= 11 is 0. The third-order valence-electron chi connectivity index (χ3n) is 2.19. The predicted molar refractivity (Wildman–Crippen MR) is 63.4 cm³/mol. The van der Waals surface area contributed by atoms with E-state index in [-0.39, 0.29) is 0 Å². The van der Waals surface area contributed by atoms with Crippen LogP contribution in [0.5, 0.6) is 0 Å². The van der Waals surface area contributed by atoms with Crippen LogP contribution in [-0.2, 0) is 0 Å². The highest BCUT2D eigenvalue weighted by molar-refractivity contribution is 5.98. The van der Waals surface area contributed by atoms with Crippen LogP contribution >= 0.6 is 0 Å². The van der Waals surface area contributed by atoms with Crippen molar-refractivity contribution in [2.24, 2.45) is 5.73 Å². The normalized spacial score (nSPS) is 9.75. The highest BCUT2D eigenvalue weighted by atomic mass is 16.2. The van der Waals surface area contributed by atoms with E-state index in [4.69, 9.17) is 5.73 Å². The number of nitrogens with two attached hydrogens (primary N) is 1. The molecule has 0 heterocycles. The Morgan fingerprint density at radius 1 is 1.00 bits per heavy atom. The van der Waals surface area contributed by atoms with E-state index in [0.29, 0.717) is 0 Å². The molecule has 2 rings (SSSR count). The molecule has 0 saturated heterocycles. The minimum Gasteiger partial charge on any atom is -0.351 e. The van der Waals surface area contributed by atoms with Crippen LogP contribution in [0.25, 0.3) is 0 Å². The van der Waals surface area contributed by atoms with Crippen molar-refractivity contribution in [2.45, 2.75) is 0 Å². The van der Waals surface area contributed by atoms with Crippen LogP contribution in [0.15, 0.2) is 54.6 Å². The number of hydrogen-bond donors (Lipinski definition) is 1. The van der Waals surface area contributed by atoms with E-state index in [1.165, 1.54) is 4.90 Å². The number of urea groups is 1. The highest BCUT2D eigenvalue weighted by Gasteiger charge is 2.13. The van der Waals surface area contributed by atoms with E-state index in [0.717, 1.165) is 11.4 Å². The zero-order chi connectivity index (χ0) is 11.4. The van der Waals surface area contributed by atoms with Gasteiger partial charge in [-0.1, -0.05) is 30.3 Å². The number of rotatable bonds is 2. The number of para-hydroxylation sites is 1. The first-order chi connectivity index (χ1) is 7.79. The lowest BCUT2D eigenvalue weighted by atomic mass is 10.2. The number of nitrogens with zero attached hydrogens (tertiary/aromatic N) is 1. The number of amides is 2. The van der Waals surface area contributed by atoms with E-state index in [1.807, 2.05) is 30.3 Å². The molecule has 0 fully saturated rings. The van der Waals surface area contributed by atoms with Crippen molar-refractivity contribution in [2.75, 3.05) is 4.90 Å². The maximum Gasteiger partial charge on any atom is 0.323 e. The molecule has 0 aromatic heterocycles. The van der Waals surface area contributed by atoms with Crippen molar-refractivity contribution < 1.29 is 4.79 Å². The van der Waals surface area contributed by atoms with Crippen LogP contribution < -0.4 is 10.6 Å². The van der Waals surface area contributed by atoms with Gasteiger partial charge in [-0.2, -0.15) is 0 Å². The molecule has 0 atom stereocenters. The van der Waals surface area contributed by atoms with Gasteiger partial charge in [0.15, 0.2) is 0 Å². The quantitative estimate of drug-likeness (QED) is 0.815. The molecule has 0 unspecified atom stereocenters. The molecular formula is C13H11N2O. The monoisotopic (exact) mass is 211 g/mol. The number of primary amides is 1. The SMILES string of the molecule is NC(=O)N(c1cc[c]cc1)c1ccccc1. The summed E-state index contributed by atoms with van der Waals surface area (Å²) in [4.78, 5) is 12.9. The second-order valence-corrected chi connectivity index (χ2v) is 3.27. The Kier molecular flexibility index (Phi) is 2.87. The molecule has 16 heavy (non-hydrogen) atoms. The molecular weight excluding hydrogens is 200 g/mol. The molecule has 0 saturated carbocycles. The van der Waals surface area contributed by atoms with Gasteiger partial charge in [-0.25, -0.2) is 4.79 Å². The summed E-state index contributed by atoms with van der Waals surface area (Å²) in [6.07, 6.45) is 0. The standard InChI is InChI=1S/C13H11N2O/c14-13(16)15(11-7-3-1-4-8-11)12-9-5-2-6-10-12/h1,3-10H,(H2,14,16). The fourth-order valence-electron chi connectivity index (χ4n) is 1.51. The van der Waals surface area contributed by atoms with Crippen LogP contribution in [0.1, 0.15) is 0 Å². The third-order valence-corrected chi connectivity index (χ3v) is 2.19. The Bertz CT molecular complexity index is 428. The molecule has 2 aromatic rings. The van der Waals surface area contributed by atoms with Crippen molar-refractivity contribution in [3.63, 3.8) is 0 Å². The van der Waals surface area contributed by atoms with Gasteiger partial charge in [0.2, 0.25) is 0 Å². The van der Waals surface area contributed by atoms with Gasteiger partial charge in [0.1, 0.15) is 0 Å².